The first kappa shape index (κ1) is 15.7. The molecule has 1 aromatic carbocycles. The Morgan fingerprint density at radius 2 is 2.10 bits per heavy atom. The minimum Gasteiger partial charge on any atom is -0.495 e. The van der Waals surface area contributed by atoms with Crippen LogP contribution in [0.5, 0.6) is 5.75 Å². The van der Waals surface area contributed by atoms with Gasteiger partial charge in [0.25, 0.3) is 0 Å². The molecule has 3 N–H and O–H groups in total. The lowest BCUT2D eigenvalue weighted by Gasteiger charge is -2.15. The maximum atomic E-state index is 12.3. The molecule has 0 radical (unpaired) electrons. The lowest BCUT2D eigenvalue weighted by atomic mass is 10.1. The van der Waals surface area contributed by atoms with E-state index in [-0.39, 0.29) is 34.8 Å². The van der Waals surface area contributed by atoms with Crippen molar-refractivity contribution in [3.63, 3.8) is 0 Å². The van der Waals surface area contributed by atoms with Gasteiger partial charge in [-0.25, -0.2) is 17.9 Å². The normalized spacial score (nSPS) is 16.5. The Bertz CT molecular complexity index is 651. The molecule has 7 nitrogen and oxygen atoms in total. The van der Waals surface area contributed by atoms with Gasteiger partial charge in [0.2, 0.25) is 10.0 Å². The molecule has 1 fully saturated rings. The van der Waals surface area contributed by atoms with Crippen LogP contribution in [0.1, 0.15) is 23.2 Å². The lowest BCUT2D eigenvalue weighted by Crippen LogP contribution is -2.32. The summed E-state index contributed by atoms with van der Waals surface area (Å²) in [4.78, 5) is 10.8. The molecule has 0 saturated heterocycles. The average molecular weight is 315 g/mol. The molecular formula is C13H17NO6S. The molecule has 21 heavy (non-hydrogen) atoms. The standard InChI is InChI=1S/C13H17NO6S/c1-20-10-6-9(12(16)17)2-3-11(10)21(18,19)14-7-13(8-15)4-5-13/h2-3,6,14-15H,4-5,7-8H2,1H3,(H,16,17). The second-order valence-electron chi connectivity index (χ2n) is 5.15. The zero-order valence-corrected chi connectivity index (χ0v) is 12.3. The number of rotatable bonds is 7. The summed E-state index contributed by atoms with van der Waals surface area (Å²) in [5.74, 6) is -1.20. The van der Waals surface area contributed by atoms with Gasteiger partial charge in [0.05, 0.1) is 12.7 Å². The van der Waals surface area contributed by atoms with Crippen LogP contribution in [0, 0.1) is 5.41 Å². The average Bonchev–Trinajstić information content (AvgIpc) is 3.25. The second-order valence-corrected chi connectivity index (χ2v) is 6.89. The third-order valence-electron chi connectivity index (χ3n) is 3.63. The lowest BCUT2D eigenvalue weighted by molar-refractivity contribution is 0.0696. The molecule has 1 aliphatic rings. The van der Waals surface area contributed by atoms with E-state index in [1.54, 1.807) is 0 Å². The third-order valence-corrected chi connectivity index (χ3v) is 5.07. The molecule has 2 rings (SSSR count). The molecule has 0 spiro atoms. The summed E-state index contributed by atoms with van der Waals surface area (Å²) in [7, 11) is -2.55. The number of sulfonamides is 1. The van der Waals surface area contributed by atoms with Crippen molar-refractivity contribution >= 4 is 16.0 Å². The highest BCUT2D eigenvalue weighted by Crippen LogP contribution is 2.44. The summed E-state index contributed by atoms with van der Waals surface area (Å²) in [6.07, 6.45) is 1.56. The van der Waals surface area contributed by atoms with E-state index in [1.807, 2.05) is 0 Å². The number of hydrogen-bond donors (Lipinski definition) is 3. The van der Waals surface area contributed by atoms with Gasteiger partial charge >= 0.3 is 5.97 Å². The van der Waals surface area contributed by atoms with E-state index in [0.717, 1.165) is 18.9 Å². The minimum absolute atomic E-state index is 0.0313. The van der Waals surface area contributed by atoms with Gasteiger partial charge in [0.15, 0.2) is 0 Å². The first-order valence-corrected chi connectivity index (χ1v) is 7.84. The van der Waals surface area contributed by atoms with Gasteiger partial charge in [-0.1, -0.05) is 0 Å². The number of benzene rings is 1. The predicted octanol–water partition coefficient (Wildman–Crippen LogP) is 0.444. The number of carboxylic acids is 1. The molecule has 0 unspecified atom stereocenters. The molecule has 0 atom stereocenters. The molecule has 0 aromatic heterocycles. The van der Waals surface area contributed by atoms with Crippen molar-refractivity contribution in [1.82, 2.24) is 4.72 Å². The van der Waals surface area contributed by atoms with Crippen molar-refractivity contribution in [1.29, 1.82) is 0 Å². The van der Waals surface area contributed by atoms with E-state index >= 15 is 0 Å². The molecule has 116 valence electrons. The number of carbonyl (C=O) groups is 1. The number of methoxy groups -OCH3 is 1. The van der Waals surface area contributed by atoms with Crippen LogP contribution in [0.2, 0.25) is 0 Å². The monoisotopic (exact) mass is 315 g/mol. The van der Waals surface area contributed by atoms with Crippen LogP contribution >= 0.6 is 0 Å². The van der Waals surface area contributed by atoms with Crippen LogP contribution in [0.4, 0.5) is 0 Å². The van der Waals surface area contributed by atoms with E-state index < -0.39 is 16.0 Å². The molecule has 8 heteroatoms. The SMILES string of the molecule is COc1cc(C(=O)O)ccc1S(=O)(=O)NCC1(CO)CC1. The highest BCUT2D eigenvalue weighted by atomic mass is 32.2. The zero-order valence-electron chi connectivity index (χ0n) is 11.5. The Kier molecular flexibility index (Phi) is 4.22. The number of ether oxygens (including phenoxy) is 1. The quantitative estimate of drug-likeness (QED) is 0.673. The van der Waals surface area contributed by atoms with E-state index in [9.17, 15) is 18.3 Å². The fourth-order valence-electron chi connectivity index (χ4n) is 1.92. The molecule has 1 saturated carbocycles. The number of aliphatic hydroxyl groups excluding tert-OH is 1. The fourth-order valence-corrected chi connectivity index (χ4v) is 3.22. The van der Waals surface area contributed by atoms with Crippen LogP contribution in [-0.4, -0.2) is 44.9 Å². The van der Waals surface area contributed by atoms with Gasteiger partial charge in [0.1, 0.15) is 10.6 Å². The van der Waals surface area contributed by atoms with Crippen LogP contribution in [0.3, 0.4) is 0 Å². The summed E-state index contributed by atoms with van der Waals surface area (Å²) in [5.41, 5.74) is -0.416. The van der Waals surface area contributed by atoms with Crippen molar-refractivity contribution in [3.05, 3.63) is 23.8 Å². The number of hydrogen-bond acceptors (Lipinski definition) is 5. The summed E-state index contributed by atoms with van der Waals surface area (Å²) in [6.45, 7) is 0.0836. The van der Waals surface area contributed by atoms with Crippen molar-refractivity contribution < 1.29 is 28.2 Å². The van der Waals surface area contributed by atoms with Crippen molar-refractivity contribution in [2.75, 3.05) is 20.3 Å². The zero-order chi connectivity index (χ0) is 15.7. The molecular weight excluding hydrogens is 298 g/mol. The highest BCUT2D eigenvalue weighted by molar-refractivity contribution is 7.89. The van der Waals surface area contributed by atoms with E-state index in [1.165, 1.54) is 19.2 Å². The molecule has 0 heterocycles. The molecule has 0 amide bonds. The number of nitrogens with one attached hydrogen (secondary N) is 1. The number of aliphatic hydroxyl groups is 1. The second kappa shape index (κ2) is 5.63. The van der Waals surface area contributed by atoms with Crippen molar-refractivity contribution in [3.8, 4) is 5.75 Å². The predicted molar refractivity (Wildman–Crippen MR) is 73.9 cm³/mol. The Morgan fingerprint density at radius 1 is 1.43 bits per heavy atom. The molecule has 0 bridgehead atoms. The van der Waals surface area contributed by atoms with E-state index in [4.69, 9.17) is 9.84 Å². The Balaban J connectivity index is 2.25. The molecule has 0 aliphatic heterocycles. The van der Waals surface area contributed by atoms with Gasteiger partial charge in [-0.05, 0) is 31.0 Å². The minimum atomic E-state index is -3.83. The van der Waals surface area contributed by atoms with E-state index in [2.05, 4.69) is 4.72 Å². The largest absolute Gasteiger partial charge is 0.495 e. The number of carboxylic acid groups (broad SMARTS) is 1. The summed E-state index contributed by atoms with van der Waals surface area (Å²) in [6, 6.07) is 3.57. The first-order chi connectivity index (χ1) is 9.83. The Labute approximate surface area is 122 Å². The summed E-state index contributed by atoms with van der Waals surface area (Å²) >= 11 is 0. The van der Waals surface area contributed by atoms with Crippen molar-refractivity contribution in [2.24, 2.45) is 5.41 Å². The van der Waals surface area contributed by atoms with Gasteiger partial charge in [-0.15, -0.1) is 0 Å². The van der Waals surface area contributed by atoms with Crippen LogP contribution in [0.15, 0.2) is 23.1 Å². The summed E-state index contributed by atoms with van der Waals surface area (Å²) in [5, 5.41) is 18.1. The Hall–Kier alpha value is -1.64. The fraction of sp³-hybridized carbons (Fsp3) is 0.462. The van der Waals surface area contributed by atoms with Crippen LogP contribution in [-0.2, 0) is 10.0 Å². The van der Waals surface area contributed by atoms with Crippen LogP contribution in [0.25, 0.3) is 0 Å². The Morgan fingerprint density at radius 3 is 2.57 bits per heavy atom. The van der Waals surface area contributed by atoms with Gasteiger partial charge in [-0.2, -0.15) is 0 Å². The maximum Gasteiger partial charge on any atom is 0.335 e. The van der Waals surface area contributed by atoms with Gasteiger partial charge < -0.3 is 14.9 Å². The molecule has 1 aromatic rings. The maximum absolute atomic E-state index is 12.3. The number of aromatic carboxylic acids is 1. The topological polar surface area (TPSA) is 113 Å². The van der Waals surface area contributed by atoms with Crippen LogP contribution < -0.4 is 9.46 Å². The van der Waals surface area contributed by atoms with E-state index in [0.29, 0.717) is 0 Å². The molecule has 1 aliphatic carbocycles. The highest BCUT2D eigenvalue weighted by Gasteiger charge is 2.42. The van der Waals surface area contributed by atoms with Gasteiger partial charge in [0, 0.05) is 18.6 Å². The summed E-state index contributed by atoms with van der Waals surface area (Å²) < 4.78 is 31.9. The smallest absolute Gasteiger partial charge is 0.335 e. The third kappa shape index (κ3) is 3.34. The first-order valence-electron chi connectivity index (χ1n) is 6.35. The van der Waals surface area contributed by atoms with Gasteiger partial charge in [-0.3, -0.25) is 0 Å². The van der Waals surface area contributed by atoms with Crippen molar-refractivity contribution in [2.45, 2.75) is 17.7 Å².